The van der Waals surface area contributed by atoms with Crippen LogP contribution < -0.4 is 5.48 Å². The van der Waals surface area contributed by atoms with Gasteiger partial charge in [0.1, 0.15) is 0 Å². The second-order valence-corrected chi connectivity index (χ2v) is 5.46. The van der Waals surface area contributed by atoms with Gasteiger partial charge in [-0.15, -0.1) is 0 Å². The van der Waals surface area contributed by atoms with Crippen LogP contribution in [0.1, 0.15) is 31.2 Å². The quantitative estimate of drug-likeness (QED) is 0.439. The maximum atomic E-state index is 12.1. The van der Waals surface area contributed by atoms with Crippen molar-refractivity contribution in [3.63, 3.8) is 0 Å². The Hall–Kier alpha value is -2.14. The average Bonchev–Trinajstić information content (AvgIpc) is 2.90. The van der Waals surface area contributed by atoms with Gasteiger partial charge in [0, 0.05) is 25.1 Å². The fraction of sp³-hybridized carbons (Fsp3) is 0.412. The number of carbonyl (C=O) groups excluding carboxylic acids is 2. The number of aryl methyl sites for hydroxylation is 1. The molecule has 0 saturated carbocycles. The van der Waals surface area contributed by atoms with E-state index in [1.54, 1.807) is 5.48 Å². The Balaban J connectivity index is 1.66. The van der Waals surface area contributed by atoms with Crippen LogP contribution in [-0.2, 0) is 16.0 Å². The van der Waals surface area contributed by atoms with E-state index in [9.17, 15) is 9.59 Å². The molecular formula is C17H22N2O3. The number of hydrogen-bond donors (Lipinski definition) is 2. The second kappa shape index (κ2) is 8.34. The van der Waals surface area contributed by atoms with Crippen LogP contribution in [0.25, 0.3) is 0 Å². The third-order valence-electron chi connectivity index (χ3n) is 3.85. The molecule has 1 aromatic rings. The Kier molecular flexibility index (Phi) is 6.15. The summed E-state index contributed by atoms with van der Waals surface area (Å²) in [6.07, 6.45) is 5.45. The van der Waals surface area contributed by atoms with Gasteiger partial charge < -0.3 is 4.90 Å². The zero-order chi connectivity index (χ0) is 15.8. The van der Waals surface area contributed by atoms with E-state index in [0.717, 1.165) is 25.8 Å². The lowest BCUT2D eigenvalue weighted by Crippen LogP contribution is -2.28. The molecule has 0 fully saturated rings. The van der Waals surface area contributed by atoms with Crippen LogP contribution in [0.5, 0.6) is 0 Å². The molecule has 118 valence electrons. The van der Waals surface area contributed by atoms with E-state index >= 15 is 0 Å². The Morgan fingerprint density at radius 3 is 2.68 bits per heavy atom. The van der Waals surface area contributed by atoms with Gasteiger partial charge in [0.25, 0.3) is 0 Å². The Morgan fingerprint density at radius 2 is 1.95 bits per heavy atom. The van der Waals surface area contributed by atoms with Gasteiger partial charge in [0.2, 0.25) is 11.8 Å². The van der Waals surface area contributed by atoms with Crippen molar-refractivity contribution in [3.05, 3.63) is 47.5 Å². The molecule has 2 N–H and O–H groups in total. The molecule has 0 unspecified atom stereocenters. The van der Waals surface area contributed by atoms with Crippen LogP contribution in [0.4, 0.5) is 0 Å². The highest BCUT2D eigenvalue weighted by Gasteiger charge is 2.23. The third-order valence-corrected chi connectivity index (χ3v) is 3.85. The fourth-order valence-corrected chi connectivity index (χ4v) is 2.58. The Bertz CT molecular complexity index is 540. The molecule has 0 saturated heterocycles. The molecule has 22 heavy (non-hydrogen) atoms. The first kappa shape index (κ1) is 16.2. The number of amides is 2. The zero-order valence-corrected chi connectivity index (χ0v) is 12.6. The first-order valence-electron chi connectivity index (χ1n) is 7.66. The van der Waals surface area contributed by atoms with Crippen molar-refractivity contribution >= 4 is 11.8 Å². The van der Waals surface area contributed by atoms with Crippen molar-refractivity contribution in [2.24, 2.45) is 0 Å². The monoisotopic (exact) mass is 302 g/mol. The van der Waals surface area contributed by atoms with Gasteiger partial charge in [0.15, 0.2) is 0 Å². The minimum absolute atomic E-state index is 0.0189. The Morgan fingerprint density at radius 1 is 1.18 bits per heavy atom. The molecule has 0 bridgehead atoms. The van der Waals surface area contributed by atoms with Crippen LogP contribution in [0.15, 0.2) is 42.0 Å². The molecule has 5 heteroatoms. The largest absolute Gasteiger partial charge is 0.335 e. The number of hydroxylamine groups is 1. The molecule has 0 atom stereocenters. The number of nitrogens with one attached hydrogen (secondary N) is 1. The normalized spacial score (nSPS) is 14.1. The van der Waals surface area contributed by atoms with Crippen molar-refractivity contribution in [3.8, 4) is 0 Å². The molecular weight excluding hydrogens is 280 g/mol. The maximum Gasteiger partial charge on any atom is 0.249 e. The molecule has 0 aromatic heterocycles. The number of nitrogens with zero attached hydrogens (tertiary/aromatic N) is 1. The number of carbonyl (C=O) groups is 2. The van der Waals surface area contributed by atoms with Gasteiger partial charge in [0.05, 0.1) is 0 Å². The van der Waals surface area contributed by atoms with Gasteiger partial charge in [-0.1, -0.05) is 36.4 Å². The lowest BCUT2D eigenvalue weighted by Gasteiger charge is -2.16. The number of benzene rings is 1. The van der Waals surface area contributed by atoms with Gasteiger partial charge in [-0.25, -0.2) is 5.48 Å². The van der Waals surface area contributed by atoms with E-state index in [0.29, 0.717) is 18.5 Å². The summed E-state index contributed by atoms with van der Waals surface area (Å²) in [4.78, 5) is 24.9. The van der Waals surface area contributed by atoms with Crippen LogP contribution in [0, 0.1) is 0 Å². The molecule has 0 spiro atoms. The fourth-order valence-electron chi connectivity index (χ4n) is 2.58. The first-order chi connectivity index (χ1) is 10.7. The van der Waals surface area contributed by atoms with Gasteiger partial charge >= 0.3 is 0 Å². The summed E-state index contributed by atoms with van der Waals surface area (Å²) < 4.78 is 0. The van der Waals surface area contributed by atoms with Crippen molar-refractivity contribution in [1.29, 1.82) is 0 Å². The predicted molar refractivity (Wildman–Crippen MR) is 83.2 cm³/mol. The average molecular weight is 302 g/mol. The van der Waals surface area contributed by atoms with Gasteiger partial charge in [-0.2, -0.15) is 0 Å². The van der Waals surface area contributed by atoms with E-state index in [2.05, 4.69) is 12.1 Å². The summed E-state index contributed by atoms with van der Waals surface area (Å²) in [7, 11) is 0. The van der Waals surface area contributed by atoms with Crippen molar-refractivity contribution < 1.29 is 14.8 Å². The minimum Gasteiger partial charge on any atom is -0.335 e. The summed E-state index contributed by atoms with van der Waals surface area (Å²) in [6.45, 7) is 1.37. The topological polar surface area (TPSA) is 69.6 Å². The summed E-state index contributed by atoms with van der Waals surface area (Å²) in [5, 5.41) is 8.45. The zero-order valence-electron chi connectivity index (χ0n) is 12.6. The molecule has 0 radical (unpaired) electrons. The predicted octanol–water partition coefficient (Wildman–Crippen LogP) is 2.06. The SMILES string of the molecule is O=C(CCC1=CCN(CCCCc2ccccc2)C1=O)NO. The van der Waals surface area contributed by atoms with Crippen molar-refractivity contribution in [2.75, 3.05) is 13.1 Å². The van der Waals surface area contributed by atoms with Crippen LogP contribution >= 0.6 is 0 Å². The third kappa shape index (κ3) is 4.70. The first-order valence-corrected chi connectivity index (χ1v) is 7.66. The van der Waals surface area contributed by atoms with E-state index in [1.807, 2.05) is 29.2 Å². The van der Waals surface area contributed by atoms with Crippen molar-refractivity contribution in [1.82, 2.24) is 10.4 Å². The van der Waals surface area contributed by atoms with E-state index < -0.39 is 5.91 Å². The highest BCUT2D eigenvalue weighted by atomic mass is 16.5. The summed E-state index contributed by atoms with van der Waals surface area (Å²) in [5.41, 5.74) is 3.58. The summed E-state index contributed by atoms with van der Waals surface area (Å²) >= 11 is 0. The van der Waals surface area contributed by atoms with E-state index in [-0.39, 0.29) is 12.3 Å². The van der Waals surface area contributed by atoms with Crippen molar-refractivity contribution in [2.45, 2.75) is 32.1 Å². The second-order valence-electron chi connectivity index (χ2n) is 5.46. The van der Waals surface area contributed by atoms with Crippen LogP contribution in [0.3, 0.4) is 0 Å². The lowest BCUT2D eigenvalue weighted by molar-refractivity contribution is -0.129. The molecule has 2 amide bonds. The van der Waals surface area contributed by atoms with E-state index in [4.69, 9.17) is 5.21 Å². The standard InChI is InChI=1S/C17H22N2O3/c20-16(18-22)10-9-15-11-13-19(17(15)21)12-5-4-8-14-6-2-1-3-7-14/h1-3,6-7,11,22H,4-5,8-10,12-13H2,(H,18,20). The number of unbranched alkanes of at least 4 members (excludes halogenated alkanes) is 1. The maximum absolute atomic E-state index is 12.1. The molecule has 5 nitrogen and oxygen atoms in total. The molecule has 1 aromatic carbocycles. The van der Waals surface area contributed by atoms with Gasteiger partial charge in [-0.05, 0) is 31.2 Å². The highest BCUT2D eigenvalue weighted by Crippen LogP contribution is 2.17. The number of rotatable bonds is 8. The van der Waals surface area contributed by atoms with Crippen LogP contribution in [0.2, 0.25) is 0 Å². The molecule has 2 rings (SSSR count). The lowest BCUT2D eigenvalue weighted by atomic mass is 10.1. The minimum atomic E-state index is -0.463. The molecule has 1 aliphatic rings. The summed E-state index contributed by atoms with van der Waals surface area (Å²) in [6, 6.07) is 10.3. The molecule has 1 aliphatic heterocycles. The molecule has 0 aliphatic carbocycles. The van der Waals surface area contributed by atoms with Crippen LogP contribution in [-0.4, -0.2) is 35.0 Å². The summed E-state index contributed by atoms with van der Waals surface area (Å²) in [5.74, 6) is -0.444. The highest BCUT2D eigenvalue weighted by molar-refractivity contribution is 5.96. The molecule has 1 heterocycles. The Labute approximate surface area is 130 Å². The number of hydrogen-bond acceptors (Lipinski definition) is 3. The smallest absolute Gasteiger partial charge is 0.249 e. The van der Waals surface area contributed by atoms with E-state index in [1.165, 1.54) is 5.56 Å². The van der Waals surface area contributed by atoms with Gasteiger partial charge in [-0.3, -0.25) is 14.8 Å².